The zero-order valence-corrected chi connectivity index (χ0v) is 17.5. The Hall–Kier alpha value is -2.61. The maximum absolute atomic E-state index is 12.6. The smallest absolute Gasteiger partial charge is 0.265 e. The lowest BCUT2D eigenvalue weighted by Crippen LogP contribution is -2.46. The van der Waals surface area contributed by atoms with Crippen molar-refractivity contribution in [2.45, 2.75) is 12.5 Å². The van der Waals surface area contributed by atoms with Crippen LogP contribution in [-0.4, -0.2) is 62.1 Å². The summed E-state index contributed by atoms with van der Waals surface area (Å²) in [6.07, 6.45) is -0.00213. The molecule has 8 heteroatoms. The number of benzene rings is 2. The van der Waals surface area contributed by atoms with Crippen molar-refractivity contribution in [2.75, 3.05) is 44.6 Å². The molecule has 0 bridgehead atoms. The van der Waals surface area contributed by atoms with E-state index < -0.39 is 6.10 Å². The fraction of sp³-hybridized carbons (Fsp3) is 0.364. The van der Waals surface area contributed by atoms with Gasteiger partial charge in [0.25, 0.3) is 11.8 Å². The van der Waals surface area contributed by atoms with E-state index in [1.54, 1.807) is 24.3 Å². The maximum atomic E-state index is 12.6. The summed E-state index contributed by atoms with van der Waals surface area (Å²) in [5.74, 6) is 0.406. The Balaban J connectivity index is 0.00000256. The van der Waals surface area contributed by atoms with Gasteiger partial charge in [-0.2, -0.15) is 0 Å². The monoisotopic (exact) mass is 430 g/mol. The summed E-state index contributed by atoms with van der Waals surface area (Å²) in [5, 5.41) is 9.13. The number of nitrogens with zero attached hydrogens (tertiary/aromatic N) is 1. The molecule has 0 radical (unpaired) electrons. The first-order valence-corrected chi connectivity index (χ1v) is 10.1. The number of amides is 2. The molecule has 2 aromatic carbocycles. The summed E-state index contributed by atoms with van der Waals surface area (Å²) in [6, 6.07) is 14.7. The predicted molar refractivity (Wildman–Crippen MR) is 119 cm³/mol. The molecule has 2 aliphatic heterocycles. The van der Waals surface area contributed by atoms with Gasteiger partial charge in [0.2, 0.25) is 0 Å². The Morgan fingerprint density at radius 2 is 1.90 bits per heavy atom. The van der Waals surface area contributed by atoms with E-state index in [-0.39, 0.29) is 24.2 Å². The number of nitrogens with one attached hydrogen (secondary N) is 3. The average Bonchev–Trinajstić information content (AvgIpc) is 3.19. The van der Waals surface area contributed by atoms with Crippen molar-refractivity contribution in [3.05, 3.63) is 59.7 Å². The molecule has 0 spiro atoms. The Bertz CT molecular complexity index is 861. The predicted octanol–water partition coefficient (Wildman–Crippen LogP) is 1.69. The standard InChI is InChI=1S/C22H26N4O3.ClH/c27-21(24-10-13-26-11-8-23-9-12-26)17-5-3-6-18(14-17)25-22(28)20-15-16-4-1-2-7-19(16)29-20;/h1-7,14,20,23H,8-13,15H2,(H,24,27)(H,25,28);1H. The zero-order valence-electron chi connectivity index (χ0n) is 16.7. The highest BCUT2D eigenvalue weighted by Gasteiger charge is 2.28. The molecule has 2 aliphatic rings. The molecular formula is C22H27ClN4O3. The number of carbonyl (C=O) groups is 2. The van der Waals surface area contributed by atoms with Crippen molar-refractivity contribution in [3.63, 3.8) is 0 Å². The van der Waals surface area contributed by atoms with E-state index in [1.165, 1.54) is 0 Å². The van der Waals surface area contributed by atoms with Gasteiger partial charge in [-0.15, -0.1) is 12.4 Å². The van der Waals surface area contributed by atoms with E-state index in [1.807, 2.05) is 24.3 Å². The van der Waals surface area contributed by atoms with Gasteiger partial charge in [0.15, 0.2) is 6.10 Å². The van der Waals surface area contributed by atoms with Crippen LogP contribution in [0.2, 0.25) is 0 Å². The van der Waals surface area contributed by atoms with Crippen molar-refractivity contribution in [3.8, 4) is 5.75 Å². The molecule has 0 aliphatic carbocycles. The Morgan fingerprint density at radius 1 is 1.10 bits per heavy atom. The second-order valence-electron chi connectivity index (χ2n) is 7.34. The van der Waals surface area contributed by atoms with Gasteiger partial charge in [0.1, 0.15) is 5.75 Å². The van der Waals surface area contributed by atoms with Gasteiger partial charge in [0.05, 0.1) is 0 Å². The van der Waals surface area contributed by atoms with Crippen LogP contribution >= 0.6 is 12.4 Å². The largest absolute Gasteiger partial charge is 0.480 e. The fourth-order valence-electron chi connectivity index (χ4n) is 3.65. The molecule has 1 unspecified atom stereocenters. The lowest BCUT2D eigenvalue weighted by molar-refractivity contribution is -0.122. The van der Waals surface area contributed by atoms with Gasteiger partial charge >= 0.3 is 0 Å². The number of hydrogen-bond donors (Lipinski definition) is 3. The molecular weight excluding hydrogens is 404 g/mol. The quantitative estimate of drug-likeness (QED) is 0.649. The molecule has 1 saturated heterocycles. The van der Waals surface area contributed by atoms with E-state index >= 15 is 0 Å². The summed E-state index contributed by atoms with van der Waals surface area (Å²) >= 11 is 0. The number of halogens is 1. The zero-order chi connectivity index (χ0) is 20.1. The molecule has 2 heterocycles. The summed E-state index contributed by atoms with van der Waals surface area (Å²) in [6.45, 7) is 5.43. The minimum absolute atomic E-state index is 0. The highest BCUT2D eigenvalue weighted by Crippen LogP contribution is 2.28. The summed E-state index contributed by atoms with van der Waals surface area (Å²) in [4.78, 5) is 27.3. The van der Waals surface area contributed by atoms with Crippen molar-refractivity contribution < 1.29 is 14.3 Å². The van der Waals surface area contributed by atoms with E-state index in [0.717, 1.165) is 44.0 Å². The number of hydrogen-bond acceptors (Lipinski definition) is 5. The molecule has 4 rings (SSSR count). The van der Waals surface area contributed by atoms with Gasteiger partial charge in [-0.05, 0) is 29.8 Å². The van der Waals surface area contributed by atoms with Gasteiger partial charge in [-0.3, -0.25) is 14.5 Å². The van der Waals surface area contributed by atoms with E-state index in [9.17, 15) is 9.59 Å². The van der Waals surface area contributed by atoms with Crippen molar-refractivity contribution >= 4 is 29.9 Å². The number of fused-ring (bicyclic) bond motifs is 1. The van der Waals surface area contributed by atoms with Gasteiger partial charge in [0, 0.05) is 56.9 Å². The fourth-order valence-corrected chi connectivity index (χ4v) is 3.65. The third-order valence-electron chi connectivity index (χ3n) is 5.26. The summed E-state index contributed by atoms with van der Waals surface area (Å²) < 4.78 is 5.73. The second kappa shape index (κ2) is 10.4. The summed E-state index contributed by atoms with van der Waals surface area (Å²) in [5.41, 5.74) is 2.15. The van der Waals surface area contributed by atoms with Crippen LogP contribution in [0.5, 0.6) is 5.75 Å². The first kappa shape index (κ1) is 22.1. The van der Waals surface area contributed by atoms with E-state index in [4.69, 9.17) is 4.74 Å². The van der Waals surface area contributed by atoms with Crippen LogP contribution in [-0.2, 0) is 11.2 Å². The van der Waals surface area contributed by atoms with Crippen molar-refractivity contribution in [2.24, 2.45) is 0 Å². The van der Waals surface area contributed by atoms with E-state index in [0.29, 0.717) is 24.2 Å². The molecule has 0 aromatic heterocycles. The second-order valence-corrected chi connectivity index (χ2v) is 7.34. The molecule has 7 nitrogen and oxygen atoms in total. The number of anilines is 1. The van der Waals surface area contributed by atoms with Crippen LogP contribution < -0.4 is 20.7 Å². The van der Waals surface area contributed by atoms with Crippen LogP contribution in [0.25, 0.3) is 0 Å². The minimum atomic E-state index is -0.552. The van der Waals surface area contributed by atoms with Gasteiger partial charge in [-0.25, -0.2) is 0 Å². The molecule has 1 fully saturated rings. The molecule has 30 heavy (non-hydrogen) atoms. The first-order chi connectivity index (χ1) is 14.2. The Labute approximate surface area is 182 Å². The highest BCUT2D eigenvalue weighted by atomic mass is 35.5. The minimum Gasteiger partial charge on any atom is -0.480 e. The average molecular weight is 431 g/mol. The lowest BCUT2D eigenvalue weighted by atomic mass is 10.1. The van der Waals surface area contributed by atoms with Gasteiger partial charge in [-0.1, -0.05) is 24.3 Å². The van der Waals surface area contributed by atoms with Crippen LogP contribution in [0, 0.1) is 0 Å². The number of piperazine rings is 1. The van der Waals surface area contributed by atoms with Crippen LogP contribution in [0.15, 0.2) is 48.5 Å². The topological polar surface area (TPSA) is 82.7 Å². The van der Waals surface area contributed by atoms with E-state index in [2.05, 4.69) is 20.9 Å². The first-order valence-electron chi connectivity index (χ1n) is 10.1. The Kier molecular flexibility index (Phi) is 7.68. The van der Waals surface area contributed by atoms with Crippen molar-refractivity contribution in [1.82, 2.24) is 15.5 Å². The molecule has 160 valence electrons. The van der Waals surface area contributed by atoms with Crippen molar-refractivity contribution in [1.29, 1.82) is 0 Å². The third-order valence-corrected chi connectivity index (χ3v) is 5.26. The molecule has 1 atom stereocenters. The number of carbonyl (C=O) groups excluding carboxylic acids is 2. The number of para-hydroxylation sites is 1. The van der Waals surface area contributed by atoms with Crippen LogP contribution in [0.4, 0.5) is 5.69 Å². The number of rotatable bonds is 6. The normalized spacial score (nSPS) is 17.9. The van der Waals surface area contributed by atoms with Crippen LogP contribution in [0.1, 0.15) is 15.9 Å². The van der Waals surface area contributed by atoms with Gasteiger partial charge < -0.3 is 20.7 Å². The number of ether oxygens (including phenoxy) is 1. The molecule has 0 saturated carbocycles. The summed E-state index contributed by atoms with van der Waals surface area (Å²) in [7, 11) is 0. The van der Waals surface area contributed by atoms with Crippen LogP contribution in [0.3, 0.4) is 0 Å². The molecule has 3 N–H and O–H groups in total. The molecule has 2 amide bonds. The highest BCUT2D eigenvalue weighted by molar-refractivity contribution is 5.98. The maximum Gasteiger partial charge on any atom is 0.265 e. The lowest BCUT2D eigenvalue weighted by Gasteiger charge is -2.27. The third kappa shape index (κ3) is 5.50. The SMILES string of the molecule is Cl.O=C(NCCN1CCNCC1)c1cccc(NC(=O)C2Cc3ccccc3O2)c1. The Morgan fingerprint density at radius 3 is 2.70 bits per heavy atom. The molecule has 2 aromatic rings.